The second kappa shape index (κ2) is 6.01. The van der Waals surface area contributed by atoms with E-state index in [9.17, 15) is 8.42 Å². The van der Waals surface area contributed by atoms with Crippen molar-refractivity contribution >= 4 is 9.84 Å². The molecule has 4 heteroatoms. The average molecular weight is 247 g/mol. The highest BCUT2D eigenvalue weighted by Gasteiger charge is 2.36. The van der Waals surface area contributed by atoms with Gasteiger partial charge in [0.05, 0.1) is 10.5 Å². The molecule has 3 nitrogen and oxygen atoms in total. The fourth-order valence-corrected chi connectivity index (χ4v) is 4.29. The normalized spacial score (nSPS) is 27.2. The van der Waals surface area contributed by atoms with Crippen LogP contribution in [0.3, 0.4) is 0 Å². The maximum Gasteiger partial charge on any atom is 0.156 e. The Balaban J connectivity index is 2.74. The van der Waals surface area contributed by atoms with Gasteiger partial charge in [-0.3, -0.25) is 0 Å². The minimum absolute atomic E-state index is 0.159. The van der Waals surface area contributed by atoms with Crippen LogP contribution in [0.5, 0.6) is 0 Å². The first kappa shape index (κ1) is 14.0. The molecule has 0 aliphatic heterocycles. The van der Waals surface area contributed by atoms with Gasteiger partial charge in [-0.25, -0.2) is 8.42 Å². The molecule has 96 valence electrons. The van der Waals surface area contributed by atoms with Crippen molar-refractivity contribution in [3.63, 3.8) is 0 Å². The second-order valence-corrected chi connectivity index (χ2v) is 7.75. The first-order valence-corrected chi connectivity index (χ1v) is 8.07. The zero-order valence-electron chi connectivity index (χ0n) is 10.7. The second-order valence-electron chi connectivity index (χ2n) is 5.02. The third-order valence-corrected chi connectivity index (χ3v) is 6.16. The highest BCUT2D eigenvalue weighted by atomic mass is 32.2. The molecule has 0 saturated heterocycles. The van der Waals surface area contributed by atoms with Gasteiger partial charge in [0.25, 0.3) is 0 Å². The lowest BCUT2D eigenvalue weighted by atomic mass is 9.95. The van der Waals surface area contributed by atoms with Gasteiger partial charge in [0, 0.05) is 6.04 Å². The Kier molecular flexibility index (Phi) is 5.25. The molecule has 1 aliphatic rings. The Bertz CT molecular complexity index is 298. The summed E-state index contributed by atoms with van der Waals surface area (Å²) in [7, 11) is -2.94. The number of sulfone groups is 1. The van der Waals surface area contributed by atoms with Crippen molar-refractivity contribution in [2.24, 2.45) is 0 Å². The van der Waals surface area contributed by atoms with Crippen LogP contribution in [0.2, 0.25) is 0 Å². The van der Waals surface area contributed by atoms with E-state index in [0.717, 1.165) is 38.6 Å². The molecule has 0 heterocycles. The van der Waals surface area contributed by atoms with Gasteiger partial charge in [0.2, 0.25) is 0 Å². The molecular weight excluding hydrogens is 222 g/mol. The van der Waals surface area contributed by atoms with E-state index < -0.39 is 9.84 Å². The fraction of sp³-hybridized carbons (Fsp3) is 1.00. The zero-order chi connectivity index (χ0) is 12.2. The first-order valence-electron chi connectivity index (χ1n) is 6.46. The van der Waals surface area contributed by atoms with Crippen LogP contribution in [0, 0.1) is 0 Å². The lowest BCUT2D eigenvalue weighted by molar-refractivity contribution is 0.370. The van der Waals surface area contributed by atoms with Gasteiger partial charge in [0.15, 0.2) is 9.84 Å². The predicted octanol–water partition coefficient (Wildman–Crippen LogP) is 2.12. The molecule has 0 radical (unpaired) electrons. The van der Waals surface area contributed by atoms with Gasteiger partial charge in [-0.05, 0) is 39.7 Å². The van der Waals surface area contributed by atoms with Crippen LogP contribution in [-0.2, 0) is 9.84 Å². The Hall–Kier alpha value is -0.0900. The van der Waals surface area contributed by atoms with Crippen molar-refractivity contribution in [3.05, 3.63) is 0 Å². The number of rotatable bonds is 5. The van der Waals surface area contributed by atoms with E-state index in [0.29, 0.717) is 0 Å². The van der Waals surface area contributed by atoms with Crippen LogP contribution >= 0.6 is 0 Å². The average Bonchev–Trinajstić information content (AvgIpc) is 2.26. The molecule has 2 atom stereocenters. The molecule has 0 aromatic heterocycles. The topological polar surface area (TPSA) is 46.2 Å². The maximum atomic E-state index is 12.2. The molecule has 16 heavy (non-hydrogen) atoms. The molecule has 0 aromatic rings. The summed E-state index contributed by atoms with van der Waals surface area (Å²) in [5.41, 5.74) is 0. The van der Waals surface area contributed by atoms with Crippen molar-refractivity contribution in [2.75, 3.05) is 6.54 Å². The molecular formula is C12H25NO2S. The van der Waals surface area contributed by atoms with E-state index in [2.05, 4.69) is 12.2 Å². The van der Waals surface area contributed by atoms with E-state index >= 15 is 0 Å². The molecule has 1 aliphatic carbocycles. The minimum Gasteiger partial charge on any atom is -0.313 e. The highest BCUT2D eigenvalue weighted by molar-refractivity contribution is 7.92. The van der Waals surface area contributed by atoms with Gasteiger partial charge in [-0.2, -0.15) is 0 Å². The summed E-state index contributed by atoms with van der Waals surface area (Å²) in [5.74, 6) is 0. The van der Waals surface area contributed by atoms with Crippen LogP contribution in [0.25, 0.3) is 0 Å². The molecule has 1 N–H and O–H groups in total. The summed E-state index contributed by atoms with van der Waals surface area (Å²) in [4.78, 5) is 0. The van der Waals surface area contributed by atoms with Crippen molar-refractivity contribution < 1.29 is 8.42 Å². The van der Waals surface area contributed by atoms with Crippen LogP contribution in [-0.4, -0.2) is 31.5 Å². The maximum absolute atomic E-state index is 12.2. The van der Waals surface area contributed by atoms with Crippen LogP contribution in [0.1, 0.15) is 52.9 Å². The minimum atomic E-state index is -2.94. The molecule has 0 aromatic carbocycles. The van der Waals surface area contributed by atoms with Crippen LogP contribution in [0.4, 0.5) is 0 Å². The molecule has 1 rings (SSSR count). The Labute approximate surface area is 99.9 Å². The van der Waals surface area contributed by atoms with Crippen molar-refractivity contribution in [2.45, 2.75) is 69.4 Å². The van der Waals surface area contributed by atoms with Crippen LogP contribution < -0.4 is 5.32 Å². The zero-order valence-corrected chi connectivity index (χ0v) is 11.5. The van der Waals surface area contributed by atoms with Crippen molar-refractivity contribution in [1.29, 1.82) is 0 Å². The van der Waals surface area contributed by atoms with Crippen molar-refractivity contribution in [3.8, 4) is 0 Å². The molecule has 1 saturated carbocycles. The molecule has 0 bridgehead atoms. The Morgan fingerprint density at radius 1 is 1.25 bits per heavy atom. The van der Waals surface area contributed by atoms with E-state index in [1.165, 1.54) is 0 Å². The Morgan fingerprint density at radius 3 is 2.44 bits per heavy atom. The lowest BCUT2D eigenvalue weighted by Crippen LogP contribution is -2.48. The van der Waals surface area contributed by atoms with Gasteiger partial charge >= 0.3 is 0 Å². The standard InChI is InChI=1S/C12H25NO2S/c1-4-9-13-11-7-5-6-8-12(11)16(14,15)10(2)3/h10-13H,4-9H2,1-3H3. The molecule has 1 fully saturated rings. The smallest absolute Gasteiger partial charge is 0.156 e. The van der Waals surface area contributed by atoms with Gasteiger partial charge in [0.1, 0.15) is 0 Å². The molecule has 0 spiro atoms. The monoisotopic (exact) mass is 247 g/mol. The van der Waals surface area contributed by atoms with E-state index in [-0.39, 0.29) is 16.5 Å². The van der Waals surface area contributed by atoms with Gasteiger partial charge < -0.3 is 5.32 Å². The van der Waals surface area contributed by atoms with Crippen molar-refractivity contribution in [1.82, 2.24) is 5.32 Å². The first-order chi connectivity index (χ1) is 7.50. The number of hydrogen-bond acceptors (Lipinski definition) is 3. The Morgan fingerprint density at radius 2 is 1.88 bits per heavy atom. The predicted molar refractivity (Wildman–Crippen MR) is 68.4 cm³/mol. The SMILES string of the molecule is CCCNC1CCCCC1S(=O)(=O)C(C)C. The fourth-order valence-electron chi connectivity index (χ4n) is 2.40. The summed E-state index contributed by atoms with van der Waals surface area (Å²) in [6.07, 6.45) is 5.12. The van der Waals surface area contributed by atoms with Crippen LogP contribution in [0.15, 0.2) is 0 Å². The molecule has 0 amide bonds. The van der Waals surface area contributed by atoms with E-state index in [1.807, 2.05) is 0 Å². The quantitative estimate of drug-likeness (QED) is 0.809. The van der Waals surface area contributed by atoms with E-state index in [4.69, 9.17) is 0 Å². The lowest BCUT2D eigenvalue weighted by Gasteiger charge is -2.33. The van der Waals surface area contributed by atoms with Gasteiger partial charge in [-0.15, -0.1) is 0 Å². The number of nitrogens with one attached hydrogen (secondary N) is 1. The largest absolute Gasteiger partial charge is 0.313 e. The third-order valence-electron chi connectivity index (χ3n) is 3.44. The summed E-state index contributed by atoms with van der Waals surface area (Å²) in [6.45, 7) is 6.62. The van der Waals surface area contributed by atoms with Gasteiger partial charge in [-0.1, -0.05) is 19.8 Å². The summed E-state index contributed by atoms with van der Waals surface area (Å²) in [6, 6.07) is 0.182. The summed E-state index contributed by atoms with van der Waals surface area (Å²) >= 11 is 0. The third kappa shape index (κ3) is 3.20. The van der Waals surface area contributed by atoms with E-state index in [1.54, 1.807) is 13.8 Å². The summed E-state index contributed by atoms with van der Waals surface area (Å²) < 4.78 is 24.4. The number of hydrogen-bond donors (Lipinski definition) is 1. The molecule has 2 unspecified atom stereocenters. The highest BCUT2D eigenvalue weighted by Crippen LogP contribution is 2.26. The summed E-state index contributed by atoms with van der Waals surface area (Å²) in [5, 5.41) is 3.00.